The number of fused-ring (bicyclic) bond motifs is 3. The van der Waals surface area contributed by atoms with Gasteiger partial charge in [0.15, 0.2) is 10.8 Å². The Kier molecular flexibility index (Phi) is 5.09. The fourth-order valence-electron chi connectivity index (χ4n) is 3.22. The number of aryl methyl sites for hydroxylation is 1. The van der Waals surface area contributed by atoms with Gasteiger partial charge in [0.2, 0.25) is 5.91 Å². The molecule has 0 atom stereocenters. The fourth-order valence-corrected chi connectivity index (χ4v) is 4.06. The summed E-state index contributed by atoms with van der Waals surface area (Å²) in [7, 11) is 0. The number of nitrogens with zero attached hydrogens (tertiary/aromatic N) is 5. The molecule has 1 amide bonds. The van der Waals surface area contributed by atoms with Crippen LogP contribution >= 0.6 is 23.4 Å². The second-order valence-electron chi connectivity index (χ2n) is 7.04. The number of benzene rings is 2. The van der Waals surface area contributed by atoms with Crippen molar-refractivity contribution in [2.45, 2.75) is 12.1 Å². The highest BCUT2D eigenvalue weighted by molar-refractivity contribution is 7.99. The topological polar surface area (TPSA) is 76.6 Å². The van der Waals surface area contributed by atoms with Gasteiger partial charge in [-0.2, -0.15) is 5.10 Å². The number of thioether (sulfide) groups is 1. The number of halogens is 1. The van der Waals surface area contributed by atoms with Crippen LogP contribution in [0.5, 0.6) is 0 Å². The molecule has 0 bridgehead atoms. The Morgan fingerprint density at radius 2 is 1.84 bits per heavy atom. The summed E-state index contributed by atoms with van der Waals surface area (Å²) in [5.74, 6) is 0.0822. The van der Waals surface area contributed by atoms with Crippen molar-refractivity contribution in [3.8, 4) is 11.3 Å². The molecule has 0 aliphatic carbocycles. The number of carbonyl (C=O) groups is 1. The first-order valence-electron chi connectivity index (χ1n) is 9.55. The highest BCUT2D eigenvalue weighted by Crippen LogP contribution is 2.24. The highest BCUT2D eigenvalue weighted by Gasteiger charge is 2.14. The van der Waals surface area contributed by atoms with Gasteiger partial charge in [-0.25, -0.2) is 4.52 Å². The molecule has 7 nitrogen and oxygen atoms in total. The zero-order valence-corrected chi connectivity index (χ0v) is 18.1. The summed E-state index contributed by atoms with van der Waals surface area (Å²) in [5, 5.41) is 17.4. The maximum atomic E-state index is 12.3. The molecule has 3 heterocycles. The van der Waals surface area contributed by atoms with Gasteiger partial charge in [-0.1, -0.05) is 53.2 Å². The third-order valence-corrected chi connectivity index (χ3v) is 5.99. The Bertz CT molecular complexity index is 1390. The summed E-state index contributed by atoms with van der Waals surface area (Å²) in [6, 6.07) is 17.2. The Morgan fingerprint density at radius 3 is 2.61 bits per heavy atom. The molecule has 0 fully saturated rings. The van der Waals surface area contributed by atoms with Gasteiger partial charge in [-0.15, -0.1) is 10.2 Å². The van der Waals surface area contributed by atoms with E-state index >= 15 is 0 Å². The summed E-state index contributed by atoms with van der Waals surface area (Å²) in [4.78, 5) is 12.3. The Morgan fingerprint density at radius 1 is 1.06 bits per heavy atom. The average molecular weight is 449 g/mol. The second-order valence-corrected chi connectivity index (χ2v) is 8.42. The summed E-state index contributed by atoms with van der Waals surface area (Å²) in [6.07, 6.45) is 3.72. The number of carbonyl (C=O) groups excluding carboxylic acids is 1. The molecule has 0 unspecified atom stereocenters. The lowest BCUT2D eigenvalue weighted by atomic mass is 10.1. The first kappa shape index (κ1) is 19.6. The average Bonchev–Trinajstić information content (AvgIpc) is 3.38. The van der Waals surface area contributed by atoms with E-state index in [-0.39, 0.29) is 11.7 Å². The van der Waals surface area contributed by atoms with Crippen LogP contribution in [0.2, 0.25) is 5.02 Å². The molecule has 2 aromatic carbocycles. The van der Waals surface area contributed by atoms with Crippen LogP contribution in [-0.4, -0.2) is 35.9 Å². The third kappa shape index (κ3) is 3.99. The van der Waals surface area contributed by atoms with Crippen LogP contribution in [0.25, 0.3) is 22.4 Å². The van der Waals surface area contributed by atoms with E-state index in [9.17, 15) is 4.79 Å². The number of amides is 1. The van der Waals surface area contributed by atoms with Gasteiger partial charge < -0.3 is 5.32 Å². The summed E-state index contributed by atoms with van der Waals surface area (Å²) in [6.45, 7) is 2.06. The van der Waals surface area contributed by atoms with E-state index in [4.69, 9.17) is 11.6 Å². The van der Waals surface area contributed by atoms with Gasteiger partial charge >= 0.3 is 0 Å². The van der Waals surface area contributed by atoms with E-state index < -0.39 is 0 Å². The quantitative estimate of drug-likeness (QED) is 0.393. The van der Waals surface area contributed by atoms with E-state index in [1.807, 2.05) is 22.9 Å². The minimum Gasteiger partial charge on any atom is -0.325 e. The highest BCUT2D eigenvalue weighted by atomic mass is 35.5. The van der Waals surface area contributed by atoms with Crippen molar-refractivity contribution in [3.05, 3.63) is 77.6 Å². The number of nitrogens with one attached hydrogen (secondary N) is 1. The van der Waals surface area contributed by atoms with Crippen LogP contribution in [0.15, 0.2) is 72.1 Å². The molecule has 0 saturated heterocycles. The zero-order chi connectivity index (χ0) is 21.4. The SMILES string of the molecule is Cc1ccc(-c2cc3c4nnc(SCC(=O)Nc5ccc(Cl)cc5)n4ccn3n2)cc1. The molecule has 0 saturated carbocycles. The first-order valence-corrected chi connectivity index (χ1v) is 10.9. The molecule has 5 aromatic rings. The second kappa shape index (κ2) is 8.05. The summed E-state index contributed by atoms with van der Waals surface area (Å²) < 4.78 is 3.66. The van der Waals surface area contributed by atoms with E-state index in [1.165, 1.54) is 17.3 Å². The molecule has 1 N–H and O–H groups in total. The maximum absolute atomic E-state index is 12.3. The van der Waals surface area contributed by atoms with Crippen molar-refractivity contribution in [2.24, 2.45) is 0 Å². The van der Waals surface area contributed by atoms with Gasteiger partial charge in [-0.05, 0) is 37.3 Å². The molecular formula is C22H17ClN6OS. The zero-order valence-electron chi connectivity index (χ0n) is 16.5. The summed E-state index contributed by atoms with van der Waals surface area (Å²) in [5.41, 5.74) is 5.35. The first-order chi connectivity index (χ1) is 15.1. The van der Waals surface area contributed by atoms with E-state index in [2.05, 4.69) is 51.8 Å². The lowest BCUT2D eigenvalue weighted by molar-refractivity contribution is -0.113. The van der Waals surface area contributed by atoms with Crippen molar-refractivity contribution in [1.82, 2.24) is 24.2 Å². The van der Waals surface area contributed by atoms with E-state index in [0.717, 1.165) is 16.8 Å². The molecule has 154 valence electrons. The Balaban J connectivity index is 1.36. The molecule has 5 rings (SSSR count). The smallest absolute Gasteiger partial charge is 0.234 e. The van der Waals surface area contributed by atoms with E-state index in [1.54, 1.807) is 28.8 Å². The van der Waals surface area contributed by atoms with Crippen molar-refractivity contribution < 1.29 is 4.79 Å². The summed E-state index contributed by atoms with van der Waals surface area (Å²) >= 11 is 7.20. The number of hydrogen-bond acceptors (Lipinski definition) is 5. The number of rotatable bonds is 5. The maximum Gasteiger partial charge on any atom is 0.234 e. The molecule has 0 radical (unpaired) electrons. The predicted octanol–water partition coefficient (Wildman–Crippen LogP) is 4.74. The van der Waals surface area contributed by atoms with Crippen LogP contribution in [-0.2, 0) is 4.79 Å². The van der Waals surface area contributed by atoms with Gasteiger partial charge in [0.25, 0.3) is 0 Å². The number of hydrogen-bond donors (Lipinski definition) is 1. The molecule has 9 heteroatoms. The van der Waals surface area contributed by atoms with Gasteiger partial charge in [0, 0.05) is 28.7 Å². The van der Waals surface area contributed by atoms with Gasteiger partial charge in [-0.3, -0.25) is 9.20 Å². The van der Waals surface area contributed by atoms with Crippen LogP contribution in [0, 0.1) is 6.92 Å². The number of anilines is 1. The molecule has 0 aliphatic heterocycles. The normalized spacial score (nSPS) is 11.3. The monoisotopic (exact) mass is 448 g/mol. The predicted molar refractivity (Wildman–Crippen MR) is 123 cm³/mol. The fraction of sp³-hybridized carbons (Fsp3) is 0.0909. The van der Waals surface area contributed by atoms with Crippen LogP contribution in [0.4, 0.5) is 5.69 Å². The minimum atomic E-state index is -0.129. The molecule has 3 aromatic heterocycles. The van der Waals surface area contributed by atoms with Gasteiger partial charge in [0.1, 0.15) is 5.52 Å². The van der Waals surface area contributed by atoms with Crippen LogP contribution < -0.4 is 5.32 Å². The van der Waals surface area contributed by atoms with E-state index in [0.29, 0.717) is 21.5 Å². The van der Waals surface area contributed by atoms with Crippen molar-refractivity contribution in [1.29, 1.82) is 0 Å². The lowest BCUT2D eigenvalue weighted by Crippen LogP contribution is -2.14. The molecular weight excluding hydrogens is 432 g/mol. The van der Waals surface area contributed by atoms with Gasteiger partial charge in [0.05, 0.1) is 11.4 Å². The molecule has 0 aliphatic rings. The lowest BCUT2D eigenvalue weighted by Gasteiger charge is -2.04. The standard InChI is InChI=1S/C22H17ClN6OS/c1-14-2-4-15(5-3-14)18-12-19-21-25-26-22(28(21)10-11-29(19)27-18)31-13-20(30)24-17-8-6-16(23)7-9-17/h2-12H,13H2,1H3,(H,24,30). The van der Waals surface area contributed by atoms with Crippen molar-refractivity contribution in [3.63, 3.8) is 0 Å². The van der Waals surface area contributed by atoms with Crippen molar-refractivity contribution in [2.75, 3.05) is 11.1 Å². The molecule has 0 spiro atoms. The third-order valence-electron chi connectivity index (χ3n) is 4.79. The largest absolute Gasteiger partial charge is 0.325 e. The van der Waals surface area contributed by atoms with Crippen molar-refractivity contribution >= 4 is 46.1 Å². The Labute approximate surface area is 187 Å². The number of aromatic nitrogens is 5. The van der Waals surface area contributed by atoms with Crippen LogP contribution in [0.1, 0.15) is 5.56 Å². The van der Waals surface area contributed by atoms with Crippen LogP contribution in [0.3, 0.4) is 0 Å². The minimum absolute atomic E-state index is 0.129. The molecule has 31 heavy (non-hydrogen) atoms. The Hall–Kier alpha value is -3.36.